The molecule has 2 aromatic rings. The third-order valence-electron chi connectivity index (χ3n) is 8.67. The summed E-state index contributed by atoms with van der Waals surface area (Å²) in [7, 11) is -7.99. The second-order valence-corrected chi connectivity index (χ2v) is 19.3. The summed E-state index contributed by atoms with van der Waals surface area (Å²) in [6.07, 6.45) is 12.4. The van der Waals surface area contributed by atoms with E-state index in [2.05, 4.69) is 35.7 Å². The van der Waals surface area contributed by atoms with Gasteiger partial charge in [0.25, 0.3) is 10.3 Å². The number of hydrogen-bond donors (Lipinski definition) is 1. The molecule has 0 unspecified atom stereocenters. The zero-order chi connectivity index (χ0) is 36.2. The highest BCUT2D eigenvalue weighted by molar-refractivity contribution is 7.91. The molecule has 1 aromatic heterocycles. The minimum atomic E-state index is -3.99. The molecule has 1 heterocycles. The molecule has 274 valence electrons. The van der Waals surface area contributed by atoms with Crippen LogP contribution in [-0.4, -0.2) is 54.9 Å². The Bertz CT molecular complexity index is 1410. The molecule has 11 heteroatoms. The lowest BCUT2D eigenvalue weighted by Crippen LogP contribution is -2.27. The summed E-state index contributed by atoms with van der Waals surface area (Å²) >= 11 is 0. The van der Waals surface area contributed by atoms with Crippen molar-refractivity contribution in [3.05, 3.63) is 23.3 Å². The fourth-order valence-electron chi connectivity index (χ4n) is 5.63. The Kier molecular flexibility index (Phi) is 16.3. The average Bonchev–Trinajstić information content (AvgIpc) is 3.00. The lowest BCUT2D eigenvalue weighted by molar-refractivity contribution is 0.423. The van der Waals surface area contributed by atoms with Gasteiger partial charge in [-0.05, 0) is 42.2 Å². The van der Waals surface area contributed by atoms with Gasteiger partial charge >= 0.3 is 0 Å². The van der Waals surface area contributed by atoms with Crippen molar-refractivity contribution in [2.45, 2.75) is 173 Å². The second-order valence-electron chi connectivity index (χ2n) is 15.3. The molecule has 0 fully saturated rings. The van der Waals surface area contributed by atoms with Crippen LogP contribution in [0.25, 0.3) is 0 Å². The lowest BCUT2D eigenvalue weighted by Gasteiger charge is -2.31. The van der Waals surface area contributed by atoms with Gasteiger partial charge in [-0.15, -0.1) is 0 Å². The molecule has 0 aliphatic heterocycles. The second kappa shape index (κ2) is 18.6. The number of aromatic hydroxyl groups is 1. The lowest BCUT2D eigenvalue weighted by atomic mass is 9.79. The Morgan fingerprint density at radius 3 is 1.33 bits per heavy atom. The minimum absolute atomic E-state index is 0.00750. The Balaban J connectivity index is 2.73. The Morgan fingerprint density at radius 2 is 0.958 bits per heavy atom. The van der Waals surface area contributed by atoms with Crippen LogP contribution >= 0.6 is 0 Å². The molecule has 0 saturated carbocycles. The Morgan fingerprint density at radius 1 is 0.583 bits per heavy atom. The van der Waals surface area contributed by atoms with Gasteiger partial charge in [0, 0.05) is 23.4 Å². The number of phenols is 1. The topological polar surface area (TPSA) is 130 Å². The molecule has 1 N–H and O–H groups in total. The van der Waals surface area contributed by atoms with Crippen molar-refractivity contribution in [3.8, 4) is 5.75 Å². The van der Waals surface area contributed by atoms with E-state index in [1.807, 2.05) is 53.7 Å². The van der Waals surface area contributed by atoms with Gasteiger partial charge in [0.05, 0.1) is 11.5 Å². The van der Waals surface area contributed by atoms with Crippen molar-refractivity contribution < 1.29 is 21.9 Å². The van der Waals surface area contributed by atoms with E-state index in [4.69, 9.17) is 0 Å². The summed E-state index contributed by atoms with van der Waals surface area (Å²) in [5.74, 6) is -0.104. The largest absolute Gasteiger partial charge is 0.507 e. The van der Waals surface area contributed by atoms with Gasteiger partial charge in [0.1, 0.15) is 5.75 Å². The molecule has 0 bridgehead atoms. The summed E-state index contributed by atoms with van der Waals surface area (Å²) in [6, 6.07) is 3.78. The number of phenolic OH excluding ortho intramolecular Hbond substituents is 1. The molecular formula is C37H64N4O5S2. The molecule has 0 saturated heterocycles. The summed E-state index contributed by atoms with van der Waals surface area (Å²) < 4.78 is 54.8. The molecule has 2 rings (SSSR count). The monoisotopic (exact) mass is 708 g/mol. The van der Waals surface area contributed by atoms with E-state index < -0.39 is 40.8 Å². The molecule has 0 aliphatic rings. The van der Waals surface area contributed by atoms with Crippen LogP contribution in [-0.2, 0) is 30.5 Å². The number of sulfone groups is 2. The van der Waals surface area contributed by atoms with E-state index in [1.54, 1.807) is 4.90 Å². The summed E-state index contributed by atoms with van der Waals surface area (Å²) in [6.45, 7) is 18.9. The van der Waals surface area contributed by atoms with Gasteiger partial charge in [0.15, 0.2) is 0 Å². The van der Waals surface area contributed by atoms with Gasteiger partial charge in [-0.1, -0.05) is 133 Å². The zero-order valence-corrected chi connectivity index (χ0v) is 33.0. The first-order valence-corrected chi connectivity index (χ1v) is 21.6. The number of aromatic nitrogens is 3. The van der Waals surface area contributed by atoms with Crippen LogP contribution in [0.1, 0.15) is 163 Å². The van der Waals surface area contributed by atoms with Crippen molar-refractivity contribution in [1.82, 2.24) is 15.0 Å². The third-order valence-corrected chi connectivity index (χ3v) is 11.8. The first-order valence-electron chi connectivity index (χ1n) is 18.3. The van der Waals surface area contributed by atoms with Crippen LogP contribution in [0.4, 0.5) is 11.6 Å². The molecule has 9 nitrogen and oxygen atoms in total. The van der Waals surface area contributed by atoms with Crippen LogP contribution in [0.2, 0.25) is 0 Å². The fourth-order valence-corrected chi connectivity index (χ4v) is 8.12. The fraction of sp³-hybridized carbons (Fsp3) is 0.757. The average molecular weight is 709 g/mol. The van der Waals surface area contributed by atoms with Gasteiger partial charge in [0.2, 0.25) is 25.6 Å². The SMILES string of the molecule is CCCCCCCCS(=O)(=O)c1nc(N(CCCC)c2cc(C(C)(C)C)c(O)c(C(C)(C)C)c2)nc(S(=O)(=O)CCCCCCCC)n1. The first-order chi connectivity index (χ1) is 22.4. The molecule has 0 amide bonds. The van der Waals surface area contributed by atoms with Crippen molar-refractivity contribution >= 4 is 31.3 Å². The third kappa shape index (κ3) is 12.6. The number of anilines is 2. The van der Waals surface area contributed by atoms with Crippen LogP contribution in [0.5, 0.6) is 5.75 Å². The number of benzene rings is 1. The van der Waals surface area contributed by atoms with Crippen LogP contribution in [0.15, 0.2) is 22.4 Å². The Labute approximate surface area is 292 Å². The molecule has 0 aliphatic carbocycles. The first kappa shape index (κ1) is 41.9. The van der Waals surface area contributed by atoms with E-state index in [0.29, 0.717) is 25.1 Å². The Hall–Kier alpha value is -2.27. The van der Waals surface area contributed by atoms with Gasteiger partial charge in [-0.25, -0.2) is 16.8 Å². The molecule has 0 atom stereocenters. The van der Waals surface area contributed by atoms with E-state index in [9.17, 15) is 21.9 Å². The highest BCUT2D eigenvalue weighted by atomic mass is 32.2. The van der Waals surface area contributed by atoms with Gasteiger partial charge in [-0.2, -0.15) is 15.0 Å². The smallest absolute Gasteiger partial charge is 0.253 e. The molecular weight excluding hydrogens is 645 g/mol. The van der Waals surface area contributed by atoms with Crippen LogP contribution in [0.3, 0.4) is 0 Å². The number of rotatable bonds is 21. The maximum Gasteiger partial charge on any atom is 0.253 e. The normalized spacial score (nSPS) is 12.9. The maximum absolute atomic E-state index is 13.7. The van der Waals surface area contributed by atoms with Gasteiger partial charge in [-0.3, -0.25) is 0 Å². The van der Waals surface area contributed by atoms with E-state index in [1.165, 1.54) is 0 Å². The van der Waals surface area contributed by atoms with Crippen molar-refractivity contribution in [3.63, 3.8) is 0 Å². The molecule has 48 heavy (non-hydrogen) atoms. The molecule has 1 aromatic carbocycles. The highest BCUT2D eigenvalue weighted by Gasteiger charge is 2.31. The van der Waals surface area contributed by atoms with Crippen LogP contribution < -0.4 is 4.90 Å². The molecule has 0 spiro atoms. The predicted octanol–water partition coefficient (Wildman–Crippen LogP) is 9.38. The minimum Gasteiger partial charge on any atom is -0.507 e. The summed E-state index contributed by atoms with van der Waals surface area (Å²) in [5, 5.41) is 10.4. The number of hydrogen-bond acceptors (Lipinski definition) is 9. The van der Waals surface area contributed by atoms with Gasteiger partial charge < -0.3 is 10.0 Å². The predicted molar refractivity (Wildman–Crippen MR) is 198 cm³/mol. The van der Waals surface area contributed by atoms with Crippen molar-refractivity contribution in [2.75, 3.05) is 23.0 Å². The quantitative estimate of drug-likeness (QED) is 0.126. The van der Waals surface area contributed by atoms with E-state index in [0.717, 1.165) is 88.2 Å². The van der Waals surface area contributed by atoms with Crippen molar-refractivity contribution in [2.24, 2.45) is 0 Å². The highest BCUT2D eigenvalue weighted by Crippen LogP contribution is 2.43. The maximum atomic E-state index is 13.7. The number of unbranched alkanes of at least 4 members (excludes halogenated alkanes) is 11. The van der Waals surface area contributed by atoms with Crippen molar-refractivity contribution in [1.29, 1.82) is 0 Å². The molecule has 0 radical (unpaired) electrons. The number of nitrogens with zero attached hydrogens (tertiary/aromatic N) is 4. The standard InChI is InChI=1S/C37H64N4O5S2/c1-10-13-16-18-20-22-25-47(43,44)34-38-33(39-35(40-34)48(45,46)26-23-21-19-17-14-11-2)41(24-15-12-3)29-27-30(36(4,5)6)32(42)31(28-29)37(7,8)9/h27-28,42H,10-26H2,1-9H3. The summed E-state index contributed by atoms with van der Waals surface area (Å²) in [5.41, 5.74) is 1.31. The zero-order valence-electron chi connectivity index (χ0n) is 31.4. The van der Waals surface area contributed by atoms with Crippen LogP contribution in [0, 0.1) is 0 Å². The summed E-state index contributed by atoms with van der Waals surface area (Å²) in [4.78, 5) is 15.0. The van der Waals surface area contributed by atoms with E-state index >= 15 is 0 Å². The van der Waals surface area contributed by atoms with E-state index in [-0.39, 0.29) is 23.2 Å².